The summed E-state index contributed by atoms with van der Waals surface area (Å²) in [5, 5.41) is 2.60. The van der Waals surface area contributed by atoms with Gasteiger partial charge in [0, 0.05) is 12.0 Å². The molecule has 3 aromatic rings. The number of rotatable bonds is 7. The minimum Gasteiger partial charge on any atom is -0.491 e. The molecule has 0 aromatic heterocycles. The number of hydrogen-bond donors (Lipinski definition) is 0. The Labute approximate surface area is 164 Å². The molecule has 0 amide bonds. The first-order valence-corrected chi connectivity index (χ1v) is 9.34. The Hall–Kier alpha value is -3.11. The van der Waals surface area contributed by atoms with Crippen LogP contribution in [0.5, 0.6) is 11.5 Å². The molecule has 1 unspecified atom stereocenters. The molecule has 0 radical (unpaired) electrons. The van der Waals surface area contributed by atoms with Gasteiger partial charge in [0.25, 0.3) is 0 Å². The highest BCUT2D eigenvalue weighted by Gasteiger charge is 2.24. The van der Waals surface area contributed by atoms with Gasteiger partial charge in [-0.05, 0) is 53.1 Å². The van der Waals surface area contributed by atoms with E-state index in [9.17, 15) is 4.79 Å². The van der Waals surface area contributed by atoms with Crippen molar-refractivity contribution in [3.05, 3.63) is 83.9 Å². The molecule has 4 rings (SSSR count). The van der Waals surface area contributed by atoms with Crippen molar-refractivity contribution in [2.45, 2.75) is 19.4 Å². The summed E-state index contributed by atoms with van der Waals surface area (Å²) in [5.41, 5.74) is 2.97. The van der Waals surface area contributed by atoms with E-state index in [0.717, 1.165) is 6.42 Å². The molecule has 0 fully saturated rings. The third kappa shape index (κ3) is 3.78. The van der Waals surface area contributed by atoms with Crippen LogP contribution in [0.1, 0.15) is 24.2 Å². The lowest BCUT2D eigenvalue weighted by atomic mass is 10.1. The Morgan fingerprint density at radius 3 is 2.46 bits per heavy atom. The summed E-state index contributed by atoms with van der Waals surface area (Å²) >= 11 is 0. The van der Waals surface area contributed by atoms with Crippen LogP contribution in [-0.2, 0) is 16.0 Å². The topological polar surface area (TPSA) is 44.8 Å². The zero-order valence-corrected chi connectivity index (χ0v) is 15.8. The number of carbonyl (C=O) groups excluding carboxylic acids is 1. The summed E-state index contributed by atoms with van der Waals surface area (Å²) in [5.74, 6) is 0.735. The van der Waals surface area contributed by atoms with E-state index in [4.69, 9.17) is 14.2 Å². The second kappa shape index (κ2) is 7.87. The first-order valence-electron chi connectivity index (χ1n) is 9.34. The van der Waals surface area contributed by atoms with E-state index >= 15 is 0 Å². The Balaban J connectivity index is 1.28. The largest absolute Gasteiger partial charge is 0.491 e. The van der Waals surface area contributed by atoms with E-state index in [0.29, 0.717) is 30.3 Å². The Kier molecular flexibility index (Phi) is 5.13. The highest BCUT2D eigenvalue weighted by atomic mass is 16.5. The van der Waals surface area contributed by atoms with E-state index < -0.39 is 5.97 Å². The monoisotopic (exact) mass is 374 g/mol. The Morgan fingerprint density at radius 2 is 1.71 bits per heavy atom. The fourth-order valence-electron chi connectivity index (χ4n) is 3.49. The minimum absolute atomic E-state index is 0.0774. The molecule has 0 N–H and O–H groups in total. The van der Waals surface area contributed by atoms with Gasteiger partial charge in [-0.1, -0.05) is 43.0 Å². The number of carbonyl (C=O) groups is 1. The highest BCUT2D eigenvalue weighted by Crippen LogP contribution is 2.38. The van der Waals surface area contributed by atoms with Crippen LogP contribution in [0.15, 0.2) is 72.8 Å². The van der Waals surface area contributed by atoms with Crippen LogP contribution >= 0.6 is 0 Å². The quantitative estimate of drug-likeness (QED) is 0.252. The van der Waals surface area contributed by atoms with Gasteiger partial charge < -0.3 is 14.2 Å². The fourth-order valence-corrected chi connectivity index (χ4v) is 3.49. The van der Waals surface area contributed by atoms with E-state index in [1.165, 1.54) is 21.9 Å². The van der Waals surface area contributed by atoms with E-state index in [1.807, 2.05) is 0 Å². The van der Waals surface area contributed by atoms with Crippen LogP contribution in [0.2, 0.25) is 0 Å². The molecule has 4 nitrogen and oxygen atoms in total. The molecule has 1 aliphatic carbocycles. The predicted octanol–water partition coefficient (Wildman–Crippen LogP) is 5.01. The molecule has 0 aliphatic heterocycles. The van der Waals surface area contributed by atoms with Crippen LogP contribution in [0, 0.1) is 0 Å². The van der Waals surface area contributed by atoms with Gasteiger partial charge in [0.2, 0.25) is 0 Å². The molecule has 4 heteroatoms. The second-order valence-corrected chi connectivity index (χ2v) is 6.92. The zero-order valence-electron chi connectivity index (χ0n) is 15.8. The van der Waals surface area contributed by atoms with E-state index in [1.54, 1.807) is 31.2 Å². The van der Waals surface area contributed by atoms with Crippen LogP contribution < -0.4 is 9.47 Å². The lowest BCUT2D eigenvalue weighted by Gasteiger charge is -2.14. The second-order valence-electron chi connectivity index (χ2n) is 6.92. The lowest BCUT2D eigenvalue weighted by molar-refractivity contribution is -0.130. The lowest BCUT2D eigenvalue weighted by Crippen LogP contribution is -2.11. The third-order valence-electron chi connectivity index (χ3n) is 4.83. The molecular weight excluding hydrogens is 352 g/mol. The average Bonchev–Trinajstić information content (AvgIpc) is 3.06. The molecule has 1 atom stereocenters. The minimum atomic E-state index is -0.436. The number of ether oxygens (including phenoxy) is 3. The summed E-state index contributed by atoms with van der Waals surface area (Å²) in [4.78, 5) is 11.5. The van der Waals surface area contributed by atoms with Crippen LogP contribution in [-0.4, -0.2) is 19.2 Å². The van der Waals surface area contributed by atoms with Crippen molar-refractivity contribution in [3.63, 3.8) is 0 Å². The first-order chi connectivity index (χ1) is 13.6. The van der Waals surface area contributed by atoms with Gasteiger partial charge in [0.05, 0.1) is 12.7 Å². The van der Waals surface area contributed by atoms with Crippen molar-refractivity contribution in [3.8, 4) is 11.5 Å². The van der Waals surface area contributed by atoms with Crippen LogP contribution in [0.3, 0.4) is 0 Å². The molecule has 0 saturated carbocycles. The Morgan fingerprint density at radius 1 is 1.00 bits per heavy atom. The van der Waals surface area contributed by atoms with Gasteiger partial charge in [-0.3, -0.25) is 0 Å². The normalized spacial score (nSPS) is 14.8. The molecule has 142 valence electrons. The number of esters is 1. The van der Waals surface area contributed by atoms with Gasteiger partial charge >= 0.3 is 5.97 Å². The van der Waals surface area contributed by atoms with Crippen molar-refractivity contribution in [2.75, 3.05) is 13.2 Å². The fraction of sp³-hybridized carbons (Fsp3) is 0.208. The summed E-state index contributed by atoms with van der Waals surface area (Å²) in [6, 6.07) is 19.7. The van der Waals surface area contributed by atoms with Gasteiger partial charge in [-0.15, -0.1) is 0 Å². The van der Waals surface area contributed by atoms with Gasteiger partial charge in [-0.25, -0.2) is 4.79 Å². The smallest absolute Gasteiger partial charge is 0.338 e. The third-order valence-corrected chi connectivity index (χ3v) is 4.83. The van der Waals surface area contributed by atoms with Crippen LogP contribution in [0.25, 0.3) is 10.8 Å². The summed E-state index contributed by atoms with van der Waals surface area (Å²) in [6.07, 6.45) is 0.980. The molecular formula is C24H22O4. The van der Waals surface area contributed by atoms with Crippen molar-refractivity contribution >= 4 is 16.7 Å². The number of benzene rings is 3. The van der Waals surface area contributed by atoms with Crippen molar-refractivity contribution < 1.29 is 19.0 Å². The maximum Gasteiger partial charge on any atom is 0.338 e. The van der Waals surface area contributed by atoms with Crippen LogP contribution in [0.4, 0.5) is 0 Å². The summed E-state index contributed by atoms with van der Waals surface area (Å²) in [7, 11) is 0. The number of hydrogen-bond acceptors (Lipinski definition) is 4. The SMILES string of the molecule is C=C(C)C(=O)Oc1ccc(OCCOC2Cc3cccc4cccc2c34)cc1. The standard InChI is InChI=1S/C24H22O4/c1-16(2)24(25)28-20-11-9-19(10-12-20)26-13-14-27-22-15-18-7-3-5-17-6-4-8-21(22)23(17)18/h3-12,22H,1,13-15H2,2H3. The molecule has 0 spiro atoms. The maximum atomic E-state index is 11.5. The molecule has 0 heterocycles. The van der Waals surface area contributed by atoms with Gasteiger partial charge in [0.1, 0.15) is 18.1 Å². The molecule has 28 heavy (non-hydrogen) atoms. The first kappa shape index (κ1) is 18.3. The van der Waals surface area contributed by atoms with Gasteiger partial charge in [0.15, 0.2) is 0 Å². The highest BCUT2D eigenvalue weighted by molar-refractivity contribution is 5.91. The van der Waals surface area contributed by atoms with Crippen molar-refractivity contribution in [1.29, 1.82) is 0 Å². The van der Waals surface area contributed by atoms with E-state index in [2.05, 4.69) is 43.0 Å². The summed E-state index contributed by atoms with van der Waals surface area (Å²) in [6.45, 7) is 6.13. The maximum absolute atomic E-state index is 11.5. The molecule has 0 bridgehead atoms. The van der Waals surface area contributed by atoms with Crippen molar-refractivity contribution in [1.82, 2.24) is 0 Å². The molecule has 1 aliphatic rings. The average molecular weight is 374 g/mol. The molecule has 3 aromatic carbocycles. The summed E-state index contributed by atoms with van der Waals surface area (Å²) < 4.78 is 17.0. The zero-order chi connectivity index (χ0) is 19.5. The van der Waals surface area contributed by atoms with E-state index in [-0.39, 0.29) is 6.10 Å². The molecule has 0 saturated heterocycles. The predicted molar refractivity (Wildman–Crippen MR) is 109 cm³/mol. The van der Waals surface area contributed by atoms with Gasteiger partial charge in [-0.2, -0.15) is 0 Å². The van der Waals surface area contributed by atoms with Crippen molar-refractivity contribution in [2.24, 2.45) is 0 Å². The Bertz CT molecular complexity index is 1020.